The van der Waals surface area contributed by atoms with Crippen LogP contribution in [0.25, 0.3) is 10.2 Å². The van der Waals surface area contributed by atoms with E-state index in [1.165, 1.54) is 21.1 Å². The number of amides is 3. The molecule has 27 heavy (non-hydrogen) atoms. The van der Waals surface area contributed by atoms with E-state index in [0.29, 0.717) is 55.0 Å². The van der Waals surface area contributed by atoms with E-state index in [-0.39, 0.29) is 6.54 Å². The zero-order valence-corrected chi connectivity index (χ0v) is 15.5. The van der Waals surface area contributed by atoms with Crippen molar-refractivity contribution in [3.63, 3.8) is 0 Å². The Labute approximate surface area is 158 Å². The highest BCUT2D eigenvalue weighted by molar-refractivity contribution is 7.22. The van der Waals surface area contributed by atoms with Gasteiger partial charge < -0.3 is 24.6 Å². The van der Waals surface area contributed by atoms with E-state index in [2.05, 4.69) is 10.3 Å². The van der Waals surface area contributed by atoms with Crippen LogP contribution in [0.1, 0.15) is 6.92 Å². The van der Waals surface area contributed by atoms with Crippen molar-refractivity contribution in [2.45, 2.75) is 6.92 Å². The van der Waals surface area contributed by atoms with Crippen LogP contribution in [0.5, 0.6) is 11.5 Å². The number of thiazole rings is 1. The average molecular weight is 390 g/mol. The second kappa shape index (κ2) is 7.03. The molecule has 10 heteroatoms. The number of benzene rings is 1. The molecule has 2 aromatic rings. The van der Waals surface area contributed by atoms with Crippen LogP contribution in [0.15, 0.2) is 12.1 Å². The summed E-state index contributed by atoms with van der Waals surface area (Å²) in [5.74, 6) is -0.313. The van der Waals surface area contributed by atoms with E-state index in [0.717, 1.165) is 4.70 Å². The Hall–Kier alpha value is -2.88. The number of aromatic nitrogens is 1. The van der Waals surface area contributed by atoms with Crippen molar-refractivity contribution in [1.29, 1.82) is 0 Å². The molecule has 1 aromatic heterocycles. The Morgan fingerprint density at radius 1 is 1.15 bits per heavy atom. The molecule has 2 aliphatic rings. The number of likely N-dealkylation sites (N-methyl/N-ethyl adjacent to an activating group) is 1. The highest BCUT2D eigenvalue weighted by Crippen LogP contribution is 2.37. The van der Waals surface area contributed by atoms with E-state index >= 15 is 0 Å². The molecule has 1 aromatic carbocycles. The molecular formula is C17H18N4O5S. The average Bonchev–Trinajstić information content (AvgIpc) is 3.04. The molecule has 9 nitrogen and oxygen atoms in total. The number of piperazine rings is 1. The molecule has 0 bridgehead atoms. The van der Waals surface area contributed by atoms with Crippen molar-refractivity contribution in [2.75, 3.05) is 44.7 Å². The summed E-state index contributed by atoms with van der Waals surface area (Å²) >= 11 is 1.31. The molecule has 0 aliphatic carbocycles. The Kier molecular flexibility index (Phi) is 4.56. The molecule has 142 valence electrons. The number of nitrogens with one attached hydrogen (secondary N) is 1. The molecular weight excluding hydrogens is 372 g/mol. The molecule has 0 atom stereocenters. The minimum atomic E-state index is -0.649. The van der Waals surface area contributed by atoms with Crippen molar-refractivity contribution >= 4 is 44.4 Å². The molecule has 1 saturated heterocycles. The summed E-state index contributed by atoms with van der Waals surface area (Å²) in [6, 6.07) is 3.62. The minimum Gasteiger partial charge on any atom is -0.486 e. The van der Waals surface area contributed by atoms with Gasteiger partial charge in [-0.1, -0.05) is 11.3 Å². The summed E-state index contributed by atoms with van der Waals surface area (Å²) in [7, 11) is 0. The van der Waals surface area contributed by atoms with Gasteiger partial charge in [0.25, 0.3) is 0 Å². The predicted octanol–water partition coefficient (Wildman–Crippen LogP) is 0.697. The first-order valence-corrected chi connectivity index (χ1v) is 9.45. The maximum absolute atomic E-state index is 12.3. The third kappa shape index (κ3) is 3.39. The number of nitrogens with zero attached hydrogens (tertiary/aromatic N) is 3. The van der Waals surface area contributed by atoms with Gasteiger partial charge in [-0.2, -0.15) is 0 Å². The zero-order valence-electron chi connectivity index (χ0n) is 14.7. The summed E-state index contributed by atoms with van der Waals surface area (Å²) in [5.41, 5.74) is 0.697. The number of rotatable bonds is 4. The highest BCUT2D eigenvalue weighted by atomic mass is 32.1. The van der Waals surface area contributed by atoms with Gasteiger partial charge in [-0.25, -0.2) is 4.98 Å². The maximum Gasteiger partial charge on any atom is 0.312 e. The van der Waals surface area contributed by atoms with Crippen LogP contribution in [0.3, 0.4) is 0 Å². The zero-order chi connectivity index (χ0) is 19.0. The number of fused-ring (bicyclic) bond motifs is 2. The summed E-state index contributed by atoms with van der Waals surface area (Å²) in [6.07, 6.45) is 0. The van der Waals surface area contributed by atoms with Gasteiger partial charge in [0.05, 0.1) is 10.2 Å². The van der Waals surface area contributed by atoms with Crippen molar-refractivity contribution in [3.8, 4) is 11.5 Å². The Bertz CT molecular complexity index is 884. The second-order valence-electron chi connectivity index (χ2n) is 6.14. The van der Waals surface area contributed by atoms with E-state index < -0.39 is 17.7 Å². The number of hydrogen-bond donors (Lipinski definition) is 1. The Balaban J connectivity index is 1.44. The largest absolute Gasteiger partial charge is 0.486 e. The SMILES string of the molecule is CCN1CCN(CC(=O)Nc2nc3cc4c(cc3s2)OCCO4)C(=O)C1=O. The fraction of sp³-hybridized carbons (Fsp3) is 0.412. The van der Waals surface area contributed by atoms with Gasteiger partial charge in [-0.3, -0.25) is 14.4 Å². The van der Waals surface area contributed by atoms with Gasteiger partial charge in [0, 0.05) is 31.8 Å². The molecule has 3 amide bonds. The number of anilines is 1. The fourth-order valence-corrected chi connectivity index (χ4v) is 3.91. The van der Waals surface area contributed by atoms with E-state index in [9.17, 15) is 14.4 Å². The third-order valence-electron chi connectivity index (χ3n) is 4.41. The van der Waals surface area contributed by atoms with Gasteiger partial charge >= 0.3 is 11.8 Å². The van der Waals surface area contributed by atoms with Gasteiger partial charge in [0.2, 0.25) is 5.91 Å². The topological polar surface area (TPSA) is 101 Å². The van der Waals surface area contributed by atoms with Gasteiger partial charge in [-0.15, -0.1) is 0 Å². The van der Waals surface area contributed by atoms with E-state index in [4.69, 9.17) is 9.47 Å². The first kappa shape index (κ1) is 17.5. The number of ether oxygens (including phenoxy) is 2. The lowest BCUT2D eigenvalue weighted by atomic mass is 10.3. The van der Waals surface area contributed by atoms with Gasteiger partial charge in [-0.05, 0) is 6.92 Å². The molecule has 1 fully saturated rings. The molecule has 3 heterocycles. The molecule has 0 unspecified atom stereocenters. The predicted molar refractivity (Wildman–Crippen MR) is 98.1 cm³/mol. The molecule has 1 N–H and O–H groups in total. The number of hydrogen-bond acceptors (Lipinski definition) is 7. The minimum absolute atomic E-state index is 0.180. The molecule has 0 spiro atoms. The molecule has 0 radical (unpaired) electrons. The van der Waals surface area contributed by atoms with Crippen LogP contribution >= 0.6 is 11.3 Å². The van der Waals surface area contributed by atoms with Crippen LogP contribution in [0, 0.1) is 0 Å². The summed E-state index contributed by atoms with van der Waals surface area (Å²) in [4.78, 5) is 43.4. The maximum atomic E-state index is 12.3. The van der Waals surface area contributed by atoms with Crippen LogP contribution in [-0.2, 0) is 14.4 Å². The van der Waals surface area contributed by atoms with Crippen LogP contribution in [-0.4, -0.2) is 71.9 Å². The molecule has 0 saturated carbocycles. The quantitative estimate of drug-likeness (QED) is 0.771. The van der Waals surface area contributed by atoms with Crippen LogP contribution in [0.4, 0.5) is 5.13 Å². The summed E-state index contributed by atoms with van der Waals surface area (Å²) in [5, 5.41) is 3.12. The molecule has 4 rings (SSSR count). The third-order valence-corrected chi connectivity index (χ3v) is 5.35. The lowest BCUT2D eigenvalue weighted by Crippen LogP contribution is -2.55. The second-order valence-corrected chi connectivity index (χ2v) is 7.17. The van der Waals surface area contributed by atoms with Crippen LogP contribution < -0.4 is 14.8 Å². The van der Waals surface area contributed by atoms with Gasteiger partial charge in [0.1, 0.15) is 19.8 Å². The summed E-state index contributed by atoms with van der Waals surface area (Å²) in [6.45, 7) is 3.88. The first-order valence-electron chi connectivity index (χ1n) is 8.63. The van der Waals surface area contributed by atoms with Crippen molar-refractivity contribution in [2.24, 2.45) is 0 Å². The lowest BCUT2D eigenvalue weighted by Gasteiger charge is -2.32. The molecule has 2 aliphatic heterocycles. The van der Waals surface area contributed by atoms with Crippen molar-refractivity contribution in [1.82, 2.24) is 14.8 Å². The number of carbonyl (C=O) groups is 3. The van der Waals surface area contributed by atoms with E-state index in [1.54, 1.807) is 6.07 Å². The monoisotopic (exact) mass is 390 g/mol. The normalized spacial score (nSPS) is 16.8. The number of carbonyl (C=O) groups excluding carboxylic acids is 3. The summed E-state index contributed by atoms with van der Waals surface area (Å²) < 4.78 is 11.9. The van der Waals surface area contributed by atoms with Crippen molar-refractivity contribution < 1.29 is 23.9 Å². The van der Waals surface area contributed by atoms with Gasteiger partial charge in [0.15, 0.2) is 16.6 Å². The Morgan fingerprint density at radius 3 is 2.56 bits per heavy atom. The standard InChI is InChI=1S/C17H18N4O5S/c1-2-20-3-4-21(16(24)15(20)23)9-14(22)19-17-18-10-7-11-12(8-13(10)27-17)26-6-5-25-11/h7-8H,2-6,9H2,1H3,(H,18,19,22). The highest BCUT2D eigenvalue weighted by Gasteiger charge is 2.32. The fourth-order valence-electron chi connectivity index (χ4n) is 3.02. The Morgan fingerprint density at radius 2 is 1.81 bits per heavy atom. The lowest BCUT2D eigenvalue weighted by molar-refractivity contribution is -0.156. The van der Waals surface area contributed by atoms with Crippen molar-refractivity contribution in [3.05, 3.63) is 12.1 Å². The first-order chi connectivity index (χ1) is 13.0. The van der Waals surface area contributed by atoms with E-state index in [1.807, 2.05) is 13.0 Å². The smallest absolute Gasteiger partial charge is 0.312 e. The van der Waals surface area contributed by atoms with Crippen LogP contribution in [0.2, 0.25) is 0 Å².